The number of fused-ring (bicyclic) bond motifs is 1. The summed E-state index contributed by atoms with van der Waals surface area (Å²) < 4.78 is 47.7. The minimum absolute atomic E-state index is 0.0295. The molecule has 0 radical (unpaired) electrons. The Morgan fingerprint density at radius 1 is 1.09 bits per heavy atom. The van der Waals surface area contributed by atoms with Gasteiger partial charge in [0.2, 0.25) is 0 Å². The molecular weight excluding hydrogens is 601 g/mol. The van der Waals surface area contributed by atoms with Crippen LogP contribution in [-0.2, 0) is 11.8 Å². The Morgan fingerprint density at radius 3 is 2.47 bits per heavy atom. The van der Waals surface area contributed by atoms with Gasteiger partial charge in [-0.15, -0.1) is 6.58 Å². The summed E-state index contributed by atoms with van der Waals surface area (Å²) in [5, 5.41) is 17.1. The number of anilines is 2. The van der Waals surface area contributed by atoms with Gasteiger partial charge in [0.25, 0.3) is 0 Å². The van der Waals surface area contributed by atoms with Crippen molar-refractivity contribution in [2.45, 2.75) is 57.0 Å². The second-order valence-electron chi connectivity index (χ2n) is 11.9. The largest absolute Gasteiger partial charge is 0.508 e. The molecule has 234 valence electrons. The first kappa shape index (κ1) is 32.0. The van der Waals surface area contributed by atoms with Gasteiger partial charge in [-0.2, -0.15) is 8.78 Å². The third-order valence-corrected chi connectivity index (χ3v) is 8.33. The van der Waals surface area contributed by atoms with Gasteiger partial charge < -0.3 is 20.5 Å². The molecule has 1 atom stereocenters. The van der Waals surface area contributed by atoms with Gasteiger partial charge in [-0.25, -0.2) is 9.18 Å². The fourth-order valence-electron chi connectivity index (χ4n) is 6.22. The van der Waals surface area contributed by atoms with E-state index < -0.39 is 29.8 Å². The molecule has 9 heteroatoms. The Hall–Kier alpha value is -4.43. The molecule has 1 aliphatic rings. The quantitative estimate of drug-likeness (QED) is 0.133. The van der Waals surface area contributed by atoms with Gasteiger partial charge in [-0.1, -0.05) is 61.9 Å². The van der Waals surface area contributed by atoms with E-state index >= 15 is 4.39 Å². The Morgan fingerprint density at radius 2 is 1.78 bits per heavy atom. The van der Waals surface area contributed by atoms with E-state index in [1.165, 1.54) is 30.3 Å². The maximum absolute atomic E-state index is 15.5. The number of phenolic OH excluding ortho intramolecular Hbond substituents is 1. The zero-order valence-corrected chi connectivity index (χ0v) is 25.7. The van der Waals surface area contributed by atoms with Crippen LogP contribution >= 0.6 is 11.6 Å². The number of carbonyl (C=O) groups is 1. The second-order valence-corrected chi connectivity index (χ2v) is 12.3. The van der Waals surface area contributed by atoms with Crippen LogP contribution in [0, 0.1) is 5.82 Å². The highest BCUT2D eigenvalue weighted by molar-refractivity contribution is 6.30. The number of hydrogen-bond acceptors (Lipinski definition) is 3. The highest BCUT2D eigenvalue weighted by Gasteiger charge is 2.37. The van der Waals surface area contributed by atoms with Crippen LogP contribution in [0.2, 0.25) is 5.02 Å². The number of benzene rings is 4. The van der Waals surface area contributed by atoms with Crippen LogP contribution in [0.4, 0.5) is 29.3 Å². The molecule has 3 N–H and O–H groups in total. The van der Waals surface area contributed by atoms with Gasteiger partial charge in [0.15, 0.2) is 0 Å². The summed E-state index contributed by atoms with van der Waals surface area (Å²) in [6, 6.07) is 20.8. The van der Waals surface area contributed by atoms with Crippen LogP contribution in [0.15, 0.2) is 91.5 Å². The van der Waals surface area contributed by atoms with Gasteiger partial charge in [-0.05, 0) is 95.3 Å². The maximum atomic E-state index is 15.5. The number of halogens is 4. The van der Waals surface area contributed by atoms with Crippen molar-refractivity contribution in [1.82, 2.24) is 0 Å². The van der Waals surface area contributed by atoms with E-state index in [0.717, 1.165) is 17.2 Å². The van der Waals surface area contributed by atoms with Crippen molar-refractivity contribution in [3.05, 3.63) is 119 Å². The number of amides is 2. The Balaban J connectivity index is 1.37. The topological polar surface area (TPSA) is 70.6 Å². The van der Waals surface area contributed by atoms with E-state index in [9.17, 15) is 18.7 Å². The van der Waals surface area contributed by atoms with Crippen LogP contribution in [0.25, 0.3) is 11.1 Å². The highest BCUT2D eigenvalue weighted by Crippen LogP contribution is 2.50. The number of alkyl halides is 2. The smallest absolute Gasteiger partial charge is 0.401 e. The summed E-state index contributed by atoms with van der Waals surface area (Å²) in [4.78, 5) is 13.0. The maximum Gasteiger partial charge on any atom is 0.401 e. The van der Waals surface area contributed by atoms with Crippen LogP contribution in [0.3, 0.4) is 0 Å². The Labute approximate surface area is 265 Å². The first-order valence-corrected chi connectivity index (χ1v) is 15.0. The summed E-state index contributed by atoms with van der Waals surface area (Å²) in [7, 11) is 0. The van der Waals surface area contributed by atoms with Crippen molar-refractivity contribution < 1.29 is 27.8 Å². The number of phenols is 1. The van der Waals surface area contributed by atoms with Crippen LogP contribution < -0.4 is 15.4 Å². The zero-order valence-electron chi connectivity index (χ0n) is 25.0. The summed E-state index contributed by atoms with van der Waals surface area (Å²) in [5.74, 6) is -0.636. The van der Waals surface area contributed by atoms with Gasteiger partial charge in [-0.3, -0.25) is 0 Å². The van der Waals surface area contributed by atoms with Crippen LogP contribution in [-0.4, -0.2) is 17.2 Å². The highest BCUT2D eigenvalue weighted by atomic mass is 35.5. The fraction of sp³-hybridized carbons (Fsp3) is 0.250. The number of nitrogens with one attached hydrogen (secondary N) is 2. The van der Waals surface area contributed by atoms with E-state index in [0.29, 0.717) is 52.4 Å². The molecule has 0 spiro atoms. The van der Waals surface area contributed by atoms with Gasteiger partial charge >= 0.3 is 12.1 Å². The number of rotatable bonds is 8. The lowest BCUT2D eigenvalue weighted by Crippen LogP contribution is -2.24. The number of hydrogen-bond donors (Lipinski definition) is 3. The predicted octanol–water partition coefficient (Wildman–Crippen LogP) is 10.4. The third-order valence-electron chi connectivity index (χ3n) is 8.08. The summed E-state index contributed by atoms with van der Waals surface area (Å²) in [6.07, 6.45) is -1.13. The summed E-state index contributed by atoms with van der Waals surface area (Å²) in [6.45, 7) is 7.40. The molecule has 0 saturated carbocycles. The van der Waals surface area contributed by atoms with Gasteiger partial charge in [0.05, 0.1) is 6.42 Å². The number of urea groups is 1. The molecule has 1 aliphatic carbocycles. The predicted molar refractivity (Wildman–Crippen MR) is 173 cm³/mol. The molecule has 4 aromatic rings. The molecule has 5 nitrogen and oxygen atoms in total. The van der Waals surface area contributed by atoms with Gasteiger partial charge in [0.1, 0.15) is 17.3 Å². The van der Waals surface area contributed by atoms with Crippen molar-refractivity contribution in [2.75, 3.05) is 10.6 Å². The molecule has 45 heavy (non-hydrogen) atoms. The lowest BCUT2D eigenvalue weighted by atomic mass is 9.73. The van der Waals surface area contributed by atoms with E-state index in [2.05, 4.69) is 17.2 Å². The molecular formula is C36H34ClF3N2O3. The summed E-state index contributed by atoms with van der Waals surface area (Å²) >= 11 is 6.11. The lowest BCUT2D eigenvalue weighted by molar-refractivity contribution is -0.172. The molecule has 4 aromatic carbocycles. The molecule has 0 saturated heterocycles. The average molecular weight is 635 g/mol. The van der Waals surface area contributed by atoms with E-state index in [1.807, 2.05) is 38.1 Å². The van der Waals surface area contributed by atoms with Crippen molar-refractivity contribution >= 4 is 29.0 Å². The average Bonchev–Trinajstić information content (AvgIpc) is 3.11. The lowest BCUT2D eigenvalue weighted by Gasteiger charge is -2.32. The molecule has 0 fully saturated rings. The number of carbonyl (C=O) groups excluding carboxylic acids is 1. The van der Waals surface area contributed by atoms with Crippen molar-refractivity contribution in [1.29, 1.82) is 0 Å². The molecule has 2 amide bonds. The van der Waals surface area contributed by atoms with Gasteiger partial charge in [0, 0.05) is 28.0 Å². The van der Waals surface area contributed by atoms with E-state index in [-0.39, 0.29) is 17.4 Å². The second kappa shape index (κ2) is 12.9. The van der Waals surface area contributed by atoms with Crippen molar-refractivity contribution in [3.63, 3.8) is 0 Å². The Bertz CT molecular complexity index is 1710. The zero-order chi connectivity index (χ0) is 32.4. The number of ether oxygens (including phenoxy) is 1. The normalized spacial score (nSPS) is 15.8. The minimum Gasteiger partial charge on any atom is -0.508 e. The number of aromatic hydroxyl groups is 1. The SMILES string of the molecule is C=CCC(F)(F)Oc1ccc(NC(=O)Nc2ccccc2C2CCc3c(O)cc(F)c(-c4ccc(Cl)cc4)c3C(C)(C)C2)cc1. The standard InChI is InChI=1S/C36H34ClF3N2O3/c1-4-19-36(39,40)45-26-16-14-25(15-17-26)41-34(44)42-30-8-6-5-7-27(30)23-11-18-28-31(43)20-29(38)32(33(28)35(2,3)21-23)22-9-12-24(37)13-10-22/h4-10,12-17,20,23,43H,1,11,18-19,21H2,2-3H3,(H2,41,42,44). The monoisotopic (exact) mass is 634 g/mol. The Kier molecular flexibility index (Phi) is 9.16. The van der Waals surface area contributed by atoms with Crippen LogP contribution in [0.1, 0.15) is 55.7 Å². The molecule has 5 rings (SSSR count). The first-order chi connectivity index (χ1) is 21.4. The fourth-order valence-corrected chi connectivity index (χ4v) is 6.35. The molecule has 0 aliphatic heterocycles. The molecule has 0 bridgehead atoms. The molecule has 1 unspecified atom stereocenters. The van der Waals surface area contributed by atoms with Crippen LogP contribution in [0.5, 0.6) is 11.5 Å². The van der Waals surface area contributed by atoms with Crippen molar-refractivity contribution in [2.24, 2.45) is 0 Å². The van der Waals surface area contributed by atoms with E-state index in [1.54, 1.807) is 24.3 Å². The number of para-hydroxylation sites is 1. The van der Waals surface area contributed by atoms with E-state index in [4.69, 9.17) is 16.3 Å². The third kappa shape index (κ3) is 7.28. The minimum atomic E-state index is -3.38. The molecule has 0 aromatic heterocycles. The van der Waals surface area contributed by atoms with Crippen molar-refractivity contribution in [3.8, 4) is 22.6 Å². The molecule has 0 heterocycles. The summed E-state index contributed by atoms with van der Waals surface area (Å²) in [5.41, 5.74) is 3.98. The first-order valence-electron chi connectivity index (χ1n) is 14.6.